The molecule has 1 aromatic heterocycles. The fraction of sp³-hybridized carbons (Fsp3) is 0.435. The Bertz CT molecular complexity index is 1150. The molecule has 0 saturated carbocycles. The minimum Gasteiger partial charge on any atom is -0.481 e. The predicted octanol–water partition coefficient (Wildman–Crippen LogP) is -0.513. The molecular formula is C23H29N5O7S. The Hall–Kier alpha value is -3.58. The van der Waals surface area contributed by atoms with E-state index in [0.717, 1.165) is 16.5 Å². The highest BCUT2D eigenvalue weighted by Gasteiger charge is 2.38. The molecule has 1 saturated heterocycles. The van der Waals surface area contributed by atoms with Crippen LogP contribution in [0.5, 0.6) is 0 Å². The van der Waals surface area contributed by atoms with Gasteiger partial charge in [-0.25, -0.2) is 4.79 Å². The molecule has 1 fully saturated rings. The number of hydrogen-bond acceptors (Lipinski definition) is 7. The van der Waals surface area contributed by atoms with Crippen molar-refractivity contribution < 1.29 is 34.2 Å². The van der Waals surface area contributed by atoms with Crippen LogP contribution < -0.4 is 16.4 Å². The average Bonchev–Trinajstić information content (AvgIpc) is 3.49. The minimum atomic E-state index is -1.67. The van der Waals surface area contributed by atoms with Gasteiger partial charge in [0.1, 0.15) is 18.1 Å². The number of nitrogens with zero attached hydrogens (tertiary/aromatic N) is 1. The Labute approximate surface area is 212 Å². The first-order chi connectivity index (χ1) is 17.1. The molecule has 3 rings (SSSR count). The Morgan fingerprint density at radius 1 is 1.14 bits per heavy atom. The number of carbonyl (C=O) groups excluding carboxylic acids is 3. The largest absolute Gasteiger partial charge is 0.481 e. The summed E-state index contributed by atoms with van der Waals surface area (Å²) in [5, 5.41) is 23.5. The summed E-state index contributed by atoms with van der Waals surface area (Å²) in [5.41, 5.74) is 8.03. The second-order valence-electron chi connectivity index (χ2n) is 8.60. The number of H-pyrrole nitrogens is 1. The number of fused-ring (bicyclic) bond motifs is 1. The molecule has 0 bridgehead atoms. The number of aliphatic carboxylic acids is 2. The van der Waals surface area contributed by atoms with Crippen molar-refractivity contribution in [2.45, 2.75) is 49.9 Å². The van der Waals surface area contributed by atoms with Crippen molar-refractivity contribution >= 4 is 53.2 Å². The maximum absolute atomic E-state index is 13.1. The number of carbonyl (C=O) groups is 5. The zero-order chi connectivity index (χ0) is 26.4. The summed E-state index contributed by atoms with van der Waals surface area (Å²) >= 11 is 4.05. The number of para-hydroxylation sites is 1. The number of carboxylic acid groups (broad SMARTS) is 2. The van der Waals surface area contributed by atoms with Crippen LogP contribution in [0.25, 0.3) is 10.9 Å². The highest BCUT2D eigenvalue weighted by molar-refractivity contribution is 7.80. The maximum Gasteiger partial charge on any atom is 0.326 e. The van der Waals surface area contributed by atoms with Gasteiger partial charge in [-0.1, -0.05) is 18.2 Å². The molecule has 2 aromatic rings. The molecule has 0 spiro atoms. The molecule has 1 aliphatic rings. The fourth-order valence-electron chi connectivity index (χ4n) is 4.25. The number of likely N-dealkylation sites (tertiary alicyclic amines) is 1. The van der Waals surface area contributed by atoms with Gasteiger partial charge < -0.3 is 36.5 Å². The molecule has 13 heteroatoms. The molecule has 1 aromatic carbocycles. The van der Waals surface area contributed by atoms with Gasteiger partial charge >= 0.3 is 11.9 Å². The maximum atomic E-state index is 13.1. The molecule has 4 unspecified atom stereocenters. The van der Waals surface area contributed by atoms with E-state index < -0.39 is 60.2 Å². The monoisotopic (exact) mass is 519 g/mol. The number of aromatic nitrogens is 1. The Balaban J connectivity index is 1.63. The van der Waals surface area contributed by atoms with Crippen molar-refractivity contribution in [3.63, 3.8) is 0 Å². The molecule has 7 N–H and O–H groups in total. The average molecular weight is 520 g/mol. The smallest absolute Gasteiger partial charge is 0.326 e. The van der Waals surface area contributed by atoms with Crippen molar-refractivity contribution in [3.05, 3.63) is 36.0 Å². The SMILES string of the molecule is NC(Cc1c[nH]c2ccccc12)C(=O)N1CCCC1C(=O)NC(CS)C(=O)NC(CC(=O)O)C(=O)O. The third kappa shape index (κ3) is 6.34. The lowest BCUT2D eigenvalue weighted by Gasteiger charge is -2.28. The fourth-order valence-corrected chi connectivity index (χ4v) is 4.51. The topological polar surface area (TPSA) is 195 Å². The second-order valence-corrected chi connectivity index (χ2v) is 8.97. The first-order valence-corrected chi connectivity index (χ1v) is 12.0. The van der Waals surface area contributed by atoms with Crippen LogP contribution in [-0.4, -0.2) is 86.2 Å². The van der Waals surface area contributed by atoms with Crippen LogP contribution in [-0.2, 0) is 30.4 Å². The highest BCUT2D eigenvalue weighted by Crippen LogP contribution is 2.22. The number of amides is 3. The Morgan fingerprint density at radius 3 is 2.53 bits per heavy atom. The lowest BCUT2D eigenvalue weighted by Crippen LogP contribution is -2.57. The Morgan fingerprint density at radius 2 is 1.86 bits per heavy atom. The molecule has 0 radical (unpaired) electrons. The van der Waals surface area contributed by atoms with E-state index in [1.54, 1.807) is 6.20 Å². The van der Waals surface area contributed by atoms with Crippen molar-refractivity contribution in [1.29, 1.82) is 0 Å². The van der Waals surface area contributed by atoms with Crippen LogP contribution in [0.3, 0.4) is 0 Å². The molecule has 1 aliphatic heterocycles. The lowest BCUT2D eigenvalue weighted by atomic mass is 10.0. The van der Waals surface area contributed by atoms with Crippen LogP contribution in [0, 0.1) is 0 Å². The van der Waals surface area contributed by atoms with Crippen LogP contribution >= 0.6 is 12.6 Å². The summed E-state index contributed by atoms with van der Waals surface area (Å²) in [6, 6.07) is 3.01. The number of aromatic amines is 1. The summed E-state index contributed by atoms with van der Waals surface area (Å²) in [5.74, 6) is -4.97. The number of carboxylic acids is 2. The summed E-state index contributed by atoms with van der Waals surface area (Å²) < 4.78 is 0. The van der Waals surface area contributed by atoms with E-state index in [1.165, 1.54) is 4.90 Å². The number of benzene rings is 1. The number of nitrogens with two attached hydrogens (primary N) is 1. The van der Waals surface area contributed by atoms with E-state index in [-0.39, 0.29) is 12.2 Å². The number of rotatable bonds is 11. The normalized spacial score (nSPS) is 17.8. The zero-order valence-corrected chi connectivity index (χ0v) is 20.2. The molecule has 0 aliphatic carbocycles. The van der Waals surface area contributed by atoms with Gasteiger partial charge in [0, 0.05) is 29.4 Å². The van der Waals surface area contributed by atoms with E-state index >= 15 is 0 Å². The van der Waals surface area contributed by atoms with Gasteiger partial charge in [0.25, 0.3) is 0 Å². The summed E-state index contributed by atoms with van der Waals surface area (Å²) in [6.45, 7) is 0.329. The van der Waals surface area contributed by atoms with Crippen molar-refractivity contribution in [1.82, 2.24) is 20.5 Å². The van der Waals surface area contributed by atoms with E-state index in [1.807, 2.05) is 24.3 Å². The van der Waals surface area contributed by atoms with E-state index in [0.29, 0.717) is 19.4 Å². The van der Waals surface area contributed by atoms with Gasteiger partial charge in [-0.05, 0) is 30.9 Å². The highest BCUT2D eigenvalue weighted by atomic mass is 32.1. The van der Waals surface area contributed by atoms with E-state index in [2.05, 4.69) is 28.2 Å². The quantitative estimate of drug-likeness (QED) is 0.193. The van der Waals surface area contributed by atoms with Gasteiger partial charge in [-0.2, -0.15) is 12.6 Å². The summed E-state index contributed by atoms with van der Waals surface area (Å²) in [6.07, 6.45) is 2.19. The van der Waals surface area contributed by atoms with Gasteiger partial charge in [0.2, 0.25) is 17.7 Å². The molecule has 4 atom stereocenters. The predicted molar refractivity (Wildman–Crippen MR) is 132 cm³/mol. The van der Waals surface area contributed by atoms with Gasteiger partial charge in [0.15, 0.2) is 0 Å². The molecular weight excluding hydrogens is 490 g/mol. The molecule has 36 heavy (non-hydrogen) atoms. The Kier molecular flexibility index (Phi) is 8.93. The number of hydrogen-bond donors (Lipinski definition) is 7. The molecule has 2 heterocycles. The van der Waals surface area contributed by atoms with Gasteiger partial charge in [-0.3, -0.25) is 19.2 Å². The summed E-state index contributed by atoms with van der Waals surface area (Å²) in [4.78, 5) is 65.2. The van der Waals surface area contributed by atoms with Crippen molar-refractivity contribution in [2.24, 2.45) is 5.73 Å². The second kappa shape index (κ2) is 11.9. The zero-order valence-electron chi connectivity index (χ0n) is 19.3. The van der Waals surface area contributed by atoms with Crippen LogP contribution in [0.1, 0.15) is 24.8 Å². The molecule has 12 nitrogen and oxygen atoms in total. The van der Waals surface area contributed by atoms with E-state index in [9.17, 15) is 24.0 Å². The number of thiol groups is 1. The van der Waals surface area contributed by atoms with E-state index in [4.69, 9.17) is 15.9 Å². The third-order valence-electron chi connectivity index (χ3n) is 6.08. The summed E-state index contributed by atoms with van der Waals surface area (Å²) in [7, 11) is 0. The first-order valence-electron chi connectivity index (χ1n) is 11.4. The minimum absolute atomic E-state index is 0.169. The third-order valence-corrected chi connectivity index (χ3v) is 6.44. The number of nitrogens with one attached hydrogen (secondary N) is 3. The van der Waals surface area contributed by atoms with Crippen molar-refractivity contribution in [2.75, 3.05) is 12.3 Å². The van der Waals surface area contributed by atoms with Crippen LogP contribution in [0.2, 0.25) is 0 Å². The van der Waals surface area contributed by atoms with Gasteiger partial charge in [-0.15, -0.1) is 0 Å². The van der Waals surface area contributed by atoms with Crippen molar-refractivity contribution in [3.8, 4) is 0 Å². The molecule has 194 valence electrons. The van der Waals surface area contributed by atoms with Crippen LogP contribution in [0.15, 0.2) is 30.5 Å². The van der Waals surface area contributed by atoms with Crippen LogP contribution in [0.4, 0.5) is 0 Å². The van der Waals surface area contributed by atoms with Gasteiger partial charge in [0.05, 0.1) is 12.5 Å². The first kappa shape index (κ1) is 27.0. The standard InChI is InChI=1S/C23H29N5O7S/c24-14(8-12-10-25-15-5-2-1-4-13(12)15)22(33)28-7-3-6-18(28)21(32)27-17(11-36)20(31)26-16(23(34)35)9-19(29)30/h1-2,4-5,10,14,16-18,25,36H,3,6-9,11,24H2,(H,26,31)(H,27,32)(H,29,30)(H,34,35). The lowest BCUT2D eigenvalue weighted by molar-refractivity contribution is -0.147. The molecule has 3 amide bonds.